The minimum atomic E-state index is -5.17. The van der Waals surface area contributed by atoms with Crippen molar-refractivity contribution in [1.82, 2.24) is 0 Å². The summed E-state index contributed by atoms with van der Waals surface area (Å²) in [7, 11) is -5.17. The van der Waals surface area contributed by atoms with Gasteiger partial charge in [0.15, 0.2) is 0 Å². The van der Waals surface area contributed by atoms with Gasteiger partial charge in [-0.2, -0.15) is 0 Å². The molecule has 0 spiro atoms. The van der Waals surface area contributed by atoms with Crippen molar-refractivity contribution in [2.24, 2.45) is 0 Å². The van der Waals surface area contributed by atoms with Crippen molar-refractivity contribution in [3.05, 3.63) is 0 Å². The molecule has 0 aromatic carbocycles. The molecule has 0 amide bonds. The first kappa shape index (κ1) is 30.4. The van der Waals surface area contributed by atoms with Crippen molar-refractivity contribution < 1.29 is 90.6 Å². The Morgan fingerprint density at radius 1 is 0.889 bits per heavy atom. The molecule has 0 saturated carbocycles. The number of hydrogen-bond acceptors (Lipinski definition) is 4. The third kappa shape index (κ3) is 145. The smallest absolute Gasteiger partial charge is 0.759 e. The number of rotatable bonds is 0. The van der Waals surface area contributed by atoms with Gasteiger partial charge in [-0.1, -0.05) is 0 Å². The molecule has 0 aromatic rings. The van der Waals surface area contributed by atoms with Gasteiger partial charge in [0.2, 0.25) is 0 Å². The van der Waals surface area contributed by atoms with E-state index in [4.69, 9.17) is 17.5 Å². The van der Waals surface area contributed by atoms with Crippen LogP contribution in [0.15, 0.2) is 0 Å². The molecule has 0 atom stereocenters. The average Bonchev–Trinajstić information content (AvgIpc) is 0.722. The van der Waals surface area contributed by atoms with E-state index in [0.717, 1.165) is 0 Å². The first-order chi connectivity index (χ1) is 2.00. The second-order valence-electron chi connectivity index (χ2n) is 0.408. The SMILES string of the molecule is O=S(=O)([O-])[O-].[Cu+].[Cu+].[Zn].[Zn]. The van der Waals surface area contributed by atoms with Crippen LogP contribution in [-0.4, -0.2) is 17.5 Å². The van der Waals surface area contributed by atoms with Crippen LogP contribution in [0.2, 0.25) is 0 Å². The molecular weight excluding hydrogens is 354 g/mol. The monoisotopic (exact) mass is 350 g/mol. The molecule has 9 heteroatoms. The molecule has 0 heterocycles. The van der Waals surface area contributed by atoms with Crippen molar-refractivity contribution in [2.45, 2.75) is 0 Å². The van der Waals surface area contributed by atoms with E-state index in [1.54, 1.807) is 0 Å². The van der Waals surface area contributed by atoms with E-state index in [0.29, 0.717) is 0 Å². The molecule has 0 aromatic heterocycles. The summed E-state index contributed by atoms with van der Waals surface area (Å²) < 4.78 is 34.1. The third-order valence-electron chi connectivity index (χ3n) is 0. The van der Waals surface area contributed by atoms with Crippen LogP contribution >= 0.6 is 0 Å². The molecule has 0 aliphatic heterocycles. The third-order valence-corrected chi connectivity index (χ3v) is 0. The average molecular weight is 354 g/mol. The van der Waals surface area contributed by atoms with E-state index in [2.05, 4.69) is 0 Å². The van der Waals surface area contributed by atoms with Crippen LogP contribution in [0.1, 0.15) is 0 Å². The quantitative estimate of drug-likeness (QED) is 0.306. The topological polar surface area (TPSA) is 80.3 Å². The molecule has 0 fully saturated rings. The van der Waals surface area contributed by atoms with Gasteiger partial charge >= 0.3 is 34.1 Å². The van der Waals surface area contributed by atoms with E-state index < -0.39 is 10.4 Å². The second kappa shape index (κ2) is 12.8. The molecule has 4 nitrogen and oxygen atoms in total. The van der Waals surface area contributed by atoms with E-state index in [1.807, 2.05) is 0 Å². The van der Waals surface area contributed by atoms with Gasteiger partial charge in [-0.3, -0.25) is 8.42 Å². The Balaban J connectivity index is -0.0000000133. The normalized spacial score (nSPS) is 6.44. The maximum Gasteiger partial charge on any atom is 1.00 e. The van der Waals surface area contributed by atoms with Gasteiger partial charge in [-0.25, -0.2) is 0 Å². The summed E-state index contributed by atoms with van der Waals surface area (Å²) in [5.41, 5.74) is 0. The molecule has 0 bridgehead atoms. The van der Waals surface area contributed by atoms with Crippen LogP contribution in [0.4, 0.5) is 0 Å². The predicted molar refractivity (Wildman–Crippen MR) is 10.5 cm³/mol. The van der Waals surface area contributed by atoms with Crippen molar-refractivity contribution >= 4 is 10.4 Å². The van der Waals surface area contributed by atoms with Gasteiger partial charge < -0.3 is 9.11 Å². The maximum atomic E-state index is 8.52. The Bertz CT molecular complexity index is 99.7. The van der Waals surface area contributed by atoms with Crippen molar-refractivity contribution in [1.29, 1.82) is 0 Å². The Morgan fingerprint density at radius 2 is 0.889 bits per heavy atom. The summed E-state index contributed by atoms with van der Waals surface area (Å²) in [4.78, 5) is 0. The van der Waals surface area contributed by atoms with Crippen molar-refractivity contribution in [3.63, 3.8) is 0 Å². The molecule has 0 unspecified atom stereocenters. The standard InChI is InChI=1S/2Cu.H2O4S.2Zn/c;;1-5(2,3)4;;/h;;(H2,1,2,3,4);;/q2*+1;;;/p-2. The van der Waals surface area contributed by atoms with Crippen LogP contribution in [0.25, 0.3) is 0 Å². The minimum absolute atomic E-state index is 0. The summed E-state index contributed by atoms with van der Waals surface area (Å²) in [6.45, 7) is 0. The van der Waals surface area contributed by atoms with Crippen LogP contribution in [0, 0.1) is 0 Å². The first-order valence-electron chi connectivity index (χ1n) is 0.667. The Morgan fingerprint density at radius 3 is 0.889 bits per heavy atom. The summed E-state index contributed by atoms with van der Waals surface area (Å²) in [6.07, 6.45) is 0. The van der Waals surface area contributed by atoms with Crippen LogP contribution in [0.5, 0.6) is 0 Å². The zero-order chi connectivity index (χ0) is 4.50. The van der Waals surface area contributed by atoms with E-state index >= 15 is 0 Å². The zero-order valence-corrected chi connectivity index (χ0v) is 12.7. The second-order valence-corrected chi connectivity index (χ2v) is 1.22. The fourth-order valence-corrected chi connectivity index (χ4v) is 0. The molecule has 0 rings (SSSR count). The van der Waals surface area contributed by atoms with Gasteiger partial charge in [0.1, 0.15) is 0 Å². The summed E-state index contributed by atoms with van der Waals surface area (Å²) in [5.74, 6) is 0. The molecule has 9 heavy (non-hydrogen) atoms. The fourth-order valence-electron chi connectivity index (χ4n) is 0. The molecule has 0 aliphatic carbocycles. The molecule has 0 N–H and O–H groups in total. The van der Waals surface area contributed by atoms with Gasteiger partial charge in [0.05, 0.1) is 0 Å². The minimum Gasteiger partial charge on any atom is -0.759 e. The Hall–Kier alpha value is 2.16. The van der Waals surface area contributed by atoms with Gasteiger partial charge in [-0.15, -0.1) is 0 Å². The Labute approximate surface area is 100.0 Å². The fraction of sp³-hybridized carbons (Fsp3) is 0. The van der Waals surface area contributed by atoms with Gasteiger partial charge in [-0.05, 0) is 0 Å². The van der Waals surface area contributed by atoms with Crippen LogP contribution < -0.4 is 0 Å². The van der Waals surface area contributed by atoms with Crippen molar-refractivity contribution in [3.8, 4) is 0 Å². The van der Waals surface area contributed by atoms with Crippen LogP contribution in [-0.2, 0) is 83.5 Å². The summed E-state index contributed by atoms with van der Waals surface area (Å²) in [5, 5.41) is 0. The van der Waals surface area contributed by atoms with E-state index in [9.17, 15) is 0 Å². The first-order valence-corrected chi connectivity index (χ1v) is 2.00. The van der Waals surface area contributed by atoms with E-state index in [1.165, 1.54) is 0 Å². The molecule has 0 aliphatic rings. The molecular formula is Cu2O4SZn2. The van der Waals surface area contributed by atoms with E-state index in [-0.39, 0.29) is 73.1 Å². The summed E-state index contributed by atoms with van der Waals surface area (Å²) >= 11 is 0. The summed E-state index contributed by atoms with van der Waals surface area (Å²) in [6, 6.07) is 0. The maximum absolute atomic E-state index is 8.52. The molecule has 0 saturated heterocycles. The van der Waals surface area contributed by atoms with Crippen LogP contribution in [0.3, 0.4) is 0 Å². The predicted octanol–water partition coefficient (Wildman–Crippen LogP) is -1.35. The number of hydrogen-bond donors (Lipinski definition) is 0. The Kier molecular flexibility index (Phi) is 43.2. The zero-order valence-electron chi connectivity index (χ0n) is 4.06. The van der Waals surface area contributed by atoms with Gasteiger partial charge in [0, 0.05) is 49.4 Å². The molecule has 56 valence electrons. The van der Waals surface area contributed by atoms with Crippen molar-refractivity contribution in [2.75, 3.05) is 0 Å². The molecule has 0 radical (unpaired) electrons. The van der Waals surface area contributed by atoms with Gasteiger partial charge in [0.25, 0.3) is 0 Å². The largest absolute Gasteiger partial charge is 1.00 e.